The van der Waals surface area contributed by atoms with Crippen LogP contribution in [0.3, 0.4) is 0 Å². The Balaban J connectivity index is 1.78. The van der Waals surface area contributed by atoms with Crippen molar-refractivity contribution in [2.24, 2.45) is 0 Å². The van der Waals surface area contributed by atoms with Crippen LogP contribution in [0.2, 0.25) is 5.02 Å². The lowest BCUT2D eigenvalue weighted by Gasteiger charge is -2.34. The molecule has 1 fully saturated rings. The molecule has 0 unspecified atom stereocenters. The SMILES string of the molecule is CC(C)(C)n1nnnc1[C@@H](c1ccc(F)cc1)N(Cc1ccc(Cl)cc1)C[C@H]1CCCO1. The van der Waals surface area contributed by atoms with Crippen molar-refractivity contribution in [1.29, 1.82) is 0 Å². The Kier molecular flexibility index (Phi) is 6.88. The lowest BCUT2D eigenvalue weighted by atomic mass is 10.0. The maximum atomic E-state index is 13.8. The fraction of sp³-hybridized carbons (Fsp3) is 0.458. The van der Waals surface area contributed by atoms with Gasteiger partial charge in [0.1, 0.15) is 5.82 Å². The zero-order valence-electron chi connectivity index (χ0n) is 18.7. The van der Waals surface area contributed by atoms with Crippen molar-refractivity contribution >= 4 is 11.6 Å². The molecule has 2 atom stereocenters. The van der Waals surface area contributed by atoms with Gasteiger partial charge in [-0.15, -0.1) is 5.10 Å². The minimum absolute atomic E-state index is 0.129. The Morgan fingerprint density at radius 3 is 2.50 bits per heavy atom. The van der Waals surface area contributed by atoms with Crippen LogP contribution in [0.5, 0.6) is 0 Å². The van der Waals surface area contributed by atoms with Gasteiger partial charge in [0.15, 0.2) is 5.82 Å². The van der Waals surface area contributed by atoms with E-state index in [1.807, 2.05) is 41.1 Å². The molecule has 4 rings (SSSR count). The van der Waals surface area contributed by atoms with E-state index >= 15 is 0 Å². The Morgan fingerprint density at radius 2 is 1.88 bits per heavy atom. The van der Waals surface area contributed by atoms with Crippen molar-refractivity contribution in [1.82, 2.24) is 25.1 Å². The molecular formula is C24H29ClFN5O. The summed E-state index contributed by atoms with van der Waals surface area (Å²) in [5.74, 6) is 0.447. The first kappa shape index (κ1) is 22.8. The zero-order chi connectivity index (χ0) is 22.7. The average molecular weight is 458 g/mol. The molecule has 2 heterocycles. The lowest BCUT2D eigenvalue weighted by molar-refractivity contribution is 0.0566. The van der Waals surface area contributed by atoms with E-state index in [1.165, 1.54) is 12.1 Å². The summed E-state index contributed by atoms with van der Waals surface area (Å²) in [7, 11) is 0. The number of rotatable bonds is 7. The van der Waals surface area contributed by atoms with Crippen LogP contribution in [0, 0.1) is 5.82 Å². The molecule has 32 heavy (non-hydrogen) atoms. The molecule has 1 saturated heterocycles. The highest BCUT2D eigenvalue weighted by molar-refractivity contribution is 6.30. The van der Waals surface area contributed by atoms with Crippen LogP contribution in [-0.2, 0) is 16.8 Å². The van der Waals surface area contributed by atoms with Gasteiger partial charge in [0.25, 0.3) is 0 Å². The smallest absolute Gasteiger partial charge is 0.173 e. The van der Waals surface area contributed by atoms with Crippen molar-refractivity contribution in [3.63, 3.8) is 0 Å². The normalized spacial score (nSPS) is 17.8. The third-order valence-corrected chi connectivity index (χ3v) is 5.94. The predicted octanol–water partition coefficient (Wildman–Crippen LogP) is 4.99. The van der Waals surface area contributed by atoms with E-state index in [0.29, 0.717) is 18.1 Å². The summed E-state index contributed by atoms with van der Waals surface area (Å²) in [5.41, 5.74) is 1.74. The molecule has 0 bridgehead atoms. The summed E-state index contributed by atoms with van der Waals surface area (Å²) in [6, 6.07) is 14.2. The zero-order valence-corrected chi connectivity index (χ0v) is 19.5. The van der Waals surface area contributed by atoms with Crippen LogP contribution in [0.1, 0.15) is 56.6 Å². The van der Waals surface area contributed by atoms with E-state index in [2.05, 4.69) is 41.2 Å². The molecular weight excluding hydrogens is 429 g/mol. The molecule has 0 amide bonds. The summed E-state index contributed by atoms with van der Waals surface area (Å²) >= 11 is 6.11. The molecule has 0 N–H and O–H groups in total. The van der Waals surface area contributed by atoms with Crippen molar-refractivity contribution in [3.8, 4) is 0 Å². The summed E-state index contributed by atoms with van der Waals surface area (Å²) < 4.78 is 21.6. The van der Waals surface area contributed by atoms with Gasteiger partial charge in [0.05, 0.1) is 17.7 Å². The van der Waals surface area contributed by atoms with E-state index in [-0.39, 0.29) is 23.5 Å². The van der Waals surface area contributed by atoms with Crippen LogP contribution >= 0.6 is 11.6 Å². The van der Waals surface area contributed by atoms with E-state index in [1.54, 1.807) is 0 Å². The standard InChI is InChI=1S/C24H29ClFN5O/c1-24(2,3)31-23(27-28-29-31)22(18-8-12-20(26)13-9-18)30(16-21-5-4-14-32-21)15-17-6-10-19(25)11-7-17/h6-13,21-22H,4-5,14-16H2,1-3H3/t21-,22-/m1/s1. The van der Waals surface area contributed by atoms with E-state index in [9.17, 15) is 4.39 Å². The topological polar surface area (TPSA) is 56.1 Å². The minimum Gasteiger partial charge on any atom is -0.377 e. The van der Waals surface area contributed by atoms with Gasteiger partial charge < -0.3 is 4.74 Å². The van der Waals surface area contributed by atoms with Gasteiger partial charge in [-0.2, -0.15) is 0 Å². The van der Waals surface area contributed by atoms with Crippen molar-refractivity contribution in [3.05, 3.63) is 76.3 Å². The number of hydrogen-bond acceptors (Lipinski definition) is 5. The number of benzene rings is 2. The number of aromatic nitrogens is 4. The second-order valence-electron chi connectivity index (χ2n) is 9.26. The van der Waals surface area contributed by atoms with Crippen molar-refractivity contribution in [2.45, 2.75) is 57.8 Å². The first-order chi connectivity index (χ1) is 15.3. The Hall–Kier alpha value is -2.35. The van der Waals surface area contributed by atoms with E-state index in [0.717, 1.165) is 36.4 Å². The molecule has 1 aliphatic rings. The monoisotopic (exact) mass is 457 g/mol. The highest BCUT2D eigenvalue weighted by atomic mass is 35.5. The first-order valence-electron chi connectivity index (χ1n) is 11.0. The third kappa shape index (κ3) is 5.34. The molecule has 8 heteroatoms. The predicted molar refractivity (Wildman–Crippen MR) is 122 cm³/mol. The second kappa shape index (κ2) is 9.65. The maximum Gasteiger partial charge on any atom is 0.173 e. The molecule has 1 aliphatic heterocycles. The van der Waals surface area contributed by atoms with Crippen LogP contribution in [0.15, 0.2) is 48.5 Å². The Labute approximate surface area is 193 Å². The lowest BCUT2D eigenvalue weighted by Crippen LogP contribution is -2.39. The van der Waals surface area contributed by atoms with Gasteiger partial charge in [0, 0.05) is 24.7 Å². The fourth-order valence-corrected chi connectivity index (χ4v) is 4.27. The number of tetrazole rings is 1. The molecule has 1 aromatic heterocycles. The van der Waals surface area contributed by atoms with E-state index in [4.69, 9.17) is 16.3 Å². The van der Waals surface area contributed by atoms with E-state index < -0.39 is 0 Å². The third-order valence-electron chi connectivity index (χ3n) is 5.69. The second-order valence-corrected chi connectivity index (χ2v) is 9.70. The van der Waals surface area contributed by atoms with Crippen LogP contribution in [0.4, 0.5) is 4.39 Å². The molecule has 2 aromatic carbocycles. The summed E-state index contributed by atoms with van der Waals surface area (Å²) in [6.45, 7) is 8.34. The number of nitrogens with zero attached hydrogens (tertiary/aromatic N) is 5. The van der Waals surface area contributed by atoms with Gasteiger partial charge >= 0.3 is 0 Å². The van der Waals surface area contributed by atoms with Gasteiger partial charge in [-0.05, 0) is 79.4 Å². The Bertz CT molecular complexity index is 1010. The van der Waals surface area contributed by atoms with Gasteiger partial charge in [-0.3, -0.25) is 4.90 Å². The molecule has 6 nitrogen and oxygen atoms in total. The maximum absolute atomic E-state index is 13.8. The van der Waals surface area contributed by atoms with Crippen LogP contribution in [0.25, 0.3) is 0 Å². The van der Waals surface area contributed by atoms with Gasteiger partial charge in [-0.25, -0.2) is 9.07 Å². The molecule has 0 aliphatic carbocycles. The first-order valence-corrected chi connectivity index (χ1v) is 11.3. The van der Waals surface area contributed by atoms with Gasteiger partial charge in [0.2, 0.25) is 0 Å². The average Bonchev–Trinajstić information content (AvgIpc) is 3.43. The van der Waals surface area contributed by atoms with Crippen LogP contribution in [-0.4, -0.2) is 44.4 Å². The number of ether oxygens (including phenoxy) is 1. The Morgan fingerprint density at radius 1 is 1.16 bits per heavy atom. The highest BCUT2D eigenvalue weighted by Gasteiger charge is 2.33. The largest absolute Gasteiger partial charge is 0.377 e. The molecule has 0 saturated carbocycles. The van der Waals surface area contributed by atoms with Crippen LogP contribution < -0.4 is 0 Å². The highest BCUT2D eigenvalue weighted by Crippen LogP contribution is 2.32. The summed E-state index contributed by atoms with van der Waals surface area (Å²) in [6.07, 6.45) is 2.20. The number of hydrogen-bond donors (Lipinski definition) is 0. The summed E-state index contributed by atoms with van der Waals surface area (Å²) in [5, 5.41) is 13.4. The quantitative estimate of drug-likeness (QED) is 0.500. The van der Waals surface area contributed by atoms with Crippen molar-refractivity contribution < 1.29 is 9.13 Å². The van der Waals surface area contributed by atoms with Crippen molar-refractivity contribution in [2.75, 3.05) is 13.2 Å². The molecule has 0 spiro atoms. The molecule has 170 valence electrons. The van der Waals surface area contributed by atoms with Gasteiger partial charge in [-0.1, -0.05) is 35.9 Å². The fourth-order valence-electron chi connectivity index (χ4n) is 4.15. The molecule has 0 radical (unpaired) electrons. The molecule has 3 aromatic rings. The minimum atomic E-state index is -0.313. The number of halogens is 2. The summed E-state index contributed by atoms with van der Waals surface area (Å²) in [4.78, 5) is 2.32.